The minimum atomic E-state index is -1.13. The van der Waals surface area contributed by atoms with Crippen molar-refractivity contribution in [2.75, 3.05) is 0 Å². The third-order valence-corrected chi connectivity index (χ3v) is 3.69. The SMILES string of the molecule is O=C(O)N(Cc1ccccc1[N+](=O)[O-])NC1CCCCC1. The molecule has 2 rings (SSSR count). The molecule has 0 spiro atoms. The van der Waals surface area contributed by atoms with Crippen LogP contribution in [0.4, 0.5) is 10.5 Å². The molecule has 0 radical (unpaired) electrons. The number of nitrogens with zero attached hydrogens (tertiary/aromatic N) is 2. The van der Waals surface area contributed by atoms with Gasteiger partial charge < -0.3 is 5.11 Å². The number of amides is 1. The van der Waals surface area contributed by atoms with Crippen LogP contribution in [0.3, 0.4) is 0 Å². The monoisotopic (exact) mass is 293 g/mol. The van der Waals surface area contributed by atoms with Gasteiger partial charge in [0.05, 0.1) is 17.0 Å². The number of nitro benzene ring substituents is 1. The van der Waals surface area contributed by atoms with E-state index in [1.807, 2.05) is 0 Å². The Bertz CT molecular complexity index is 515. The van der Waals surface area contributed by atoms with Crippen molar-refractivity contribution in [2.24, 2.45) is 0 Å². The maximum Gasteiger partial charge on any atom is 0.422 e. The van der Waals surface area contributed by atoms with Crippen molar-refractivity contribution in [3.8, 4) is 0 Å². The fraction of sp³-hybridized carbons (Fsp3) is 0.500. The number of benzene rings is 1. The largest absolute Gasteiger partial charge is 0.464 e. The summed E-state index contributed by atoms with van der Waals surface area (Å²) in [5.74, 6) is 0. The van der Waals surface area contributed by atoms with Gasteiger partial charge in [0.15, 0.2) is 0 Å². The lowest BCUT2D eigenvalue weighted by atomic mass is 9.96. The number of carbonyl (C=O) groups is 1. The Morgan fingerprint density at radius 3 is 2.62 bits per heavy atom. The van der Waals surface area contributed by atoms with E-state index < -0.39 is 11.0 Å². The molecule has 0 bridgehead atoms. The van der Waals surface area contributed by atoms with Gasteiger partial charge in [0.2, 0.25) is 0 Å². The van der Waals surface area contributed by atoms with E-state index in [1.54, 1.807) is 18.2 Å². The molecule has 1 aliphatic carbocycles. The van der Waals surface area contributed by atoms with E-state index in [0.717, 1.165) is 30.7 Å². The van der Waals surface area contributed by atoms with Crippen LogP contribution in [-0.2, 0) is 6.54 Å². The van der Waals surface area contributed by atoms with Gasteiger partial charge >= 0.3 is 6.09 Å². The molecule has 7 heteroatoms. The summed E-state index contributed by atoms with van der Waals surface area (Å²) >= 11 is 0. The van der Waals surface area contributed by atoms with Crippen LogP contribution in [0.1, 0.15) is 37.7 Å². The Morgan fingerprint density at radius 1 is 1.33 bits per heavy atom. The number of hydrogen-bond acceptors (Lipinski definition) is 4. The van der Waals surface area contributed by atoms with Crippen molar-refractivity contribution in [1.82, 2.24) is 10.4 Å². The molecule has 1 amide bonds. The molecule has 1 saturated carbocycles. The highest BCUT2D eigenvalue weighted by molar-refractivity contribution is 5.64. The fourth-order valence-electron chi connectivity index (χ4n) is 2.61. The zero-order chi connectivity index (χ0) is 15.2. The highest BCUT2D eigenvalue weighted by Gasteiger charge is 2.22. The maximum absolute atomic E-state index is 11.4. The van der Waals surface area contributed by atoms with Gasteiger partial charge in [0.25, 0.3) is 5.69 Å². The number of para-hydroxylation sites is 1. The van der Waals surface area contributed by atoms with E-state index in [2.05, 4.69) is 5.43 Å². The van der Waals surface area contributed by atoms with E-state index in [-0.39, 0.29) is 18.3 Å². The Morgan fingerprint density at radius 2 is 2.00 bits per heavy atom. The molecule has 0 unspecified atom stereocenters. The average Bonchev–Trinajstić information content (AvgIpc) is 2.48. The van der Waals surface area contributed by atoms with Crippen LogP contribution in [0.25, 0.3) is 0 Å². The Hall–Kier alpha value is -2.15. The molecule has 1 fully saturated rings. The summed E-state index contributed by atoms with van der Waals surface area (Å²) in [5, 5.41) is 21.3. The summed E-state index contributed by atoms with van der Waals surface area (Å²) in [4.78, 5) is 21.8. The van der Waals surface area contributed by atoms with Crippen molar-refractivity contribution < 1.29 is 14.8 Å². The molecular formula is C14H19N3O4. The summed E-state index contributed by atoms with van der Waals surface area (Å²) < 4.78 is 0. The second-order valence-corrected chi connectivity index (χ2v) is 5.22. The maximum atomic E-state index is 11.4. The van der Waals surface area contributed by atoms with Gasteiger partial charge in [-0.2, -0.15) is 0 Å². The zero-order valence-electron chi connectivity index (χ0n) is 11.7. The number of hydrazine groups is 1. The molecule has 1 aromatic carbocycles. The molecule has 0 heterocycles. The van der Waals surface area contributed by atoms with Crippen LogP contribution in [-0.4, -0.2) is 27.2 Å². The molecular weight excluding hydrogens is 274 g/mol. The summed E-state index contributed by atoms with van der Waals surface area (Å²) in [7, 11) is 0. The van der Waals surface area contributed by atoms with Crippen molar-refractivity contribution in [3.63, 3.8) is 0 Å². The van der Waals surface area contributed by atoms with Gasteiger partial charge in [0, 0.05) is 12.1 Å². The minimum Gasteiger partial charge on any atom is -0.464 e. The number of hydrogen-bond donors (Lipinski definition) is 2. The molecule has 0 atom stereocenters. The molecule has 0 aromatic heterocycles. The lowest BCUT2D eigenvalue weighted by Crippen LogP contribution is -2.47. The highest BCUT2D eigenvalue weighted by atomic mass is 16.6. The van der Waals surface area contributed by atoms with Crippen molar-refractivity contribution in [1.29, 1.82) is 0 Å². The molecule has 0 aliphatic heterocycles. The van der Waals surface area contributed by atoms with Crippen LogP contribution in [0.5, 0.6) is 0 Å². The topological polar surface area (TPSA) is 95.7 Å². The van der Waals surface area contributed by atoms with E-state index in [4.69, 9.17) is 0 Å². The zero-order valence-corrected chi connectivity index (χ0v) is 11.7. The van der Waals surface area contributed by atoms with Gasteiger partial charge in [-0.15, -0.1) is 0 Å². The summed E-state index contributed by atoms with van der Waals surface area (Å²) in [6, 6.07) is 6.33. The lowest BCUT2D eigenvalue weighted by molar-refractivity contribution is -0.385. The fourth-order valence-corrected chi connectivity index (χ4v) is 2.61. The quantitative estimate of drug-likeness (QED) is 0.642. The highest BCUT2D eigenvalue weighted by Crippen LogP contribution is 2.21. The second-order valence-electron chi connectivity index (χ2n) is 5.22. The Balaban J connectivity index is 2.09. The van der Waals surface area contributed by atoms with Crippen molar-refractivity contribution >= 4 is 11.8 Å². The van der Waals surface area contributed by atoms with Gasteiger partial charge in [-0.1, -0.05) is 37.5 Å². The van der Waals surface area contributed by atoms with Crippen LogP contribution in [0, 0.1) is 10.1 Å². The Kier molecular flexibility index (Phi) is 5.10. The third-order valence-electron chi connectivity index (χ3n) is 3.69. The first-order chi connectivity index (χ1) is 10.1. The molecule has 21 heavy (non-hydrogen) atoms. The van der Waals surface area contributed by atoms with E-state index >= 15 is 0 Å². The van der Waals surface area contributed by atoms with Gasteiger partial charge in [-0.25, -0.2) is 15.2 Å². The first kappa shape index (κ1) is 15.2. The first-order valence-electron chi connectivity index (χ1n) is 7.07. The number of carboxylic acid groups (broad SMARTS) is 1. The van der Waals surface area contributed by atoms with E-state index in [0.29, 0.717) is 5.56 Å². The molecule has 0 saturated heterocycles. The summed E-state index contributed by atoms with van der Waals surface area (Å²) in [5.41, 5.74) is 3.30. The van der Waals surface area contributed by atoms with Crippen LogP contribution in [0.15, 0.2) is 24.3 Å². The minimum absolute atomic E-state index is 0.0387. The standard InChI is InChI=1S/C14H19N3O4/c18-14(19)16(15-12-7-2-1-3-8-12)10-11-6-4-5-9-13(11)17(20)21/h4-6,9,12,15H,1-3,7-8,10H2,(H,18,19). The molecule has 1 aliphatic rings. The predicted octanol–water partition coefficient (Wildman–Crippen LogP) is 2.91. The average molecular weight is 293 g/mol. The van der Waals surface area contributed by atoms with Crippen LogP contribution >= 0.6 is 0 Å². The molecule has 2 N–H and O–H groups in total. The lowest BCUT2D eigenvalue weighted by Gasteiger charge is -2.29. The smallest absolute Gasteiger partial charge is 0.422 e. The Labute approximate surface area is 122 Å². The predicted molar refractivity (Wildman–Crippen MR) is 76.7 cm³/mol. The molecule has 7 nitrogen and oxygen atoms in total. The first-order valence-corrected chi connectivity index (χ1v) is 7.07. The van der Waals surface area contributed by atoms with Gasteiger partial charge in [-0.05, 0) is 12.8 Å². The second kappa shape index (κ2) is 7.03. The van der Waals surface area contributed by atoms with Crippen molar-refractivity contribution in [2.45, 2.75) is 44.7 Å². The summed E-state index contributed by atoms with van der Waals surface area (Å²) in [6.45, 7) is -0.0387. The van der Waals surface area contributed by atoms with Crippen LogP contribution in [0.2, 0.25) is 0 Å². The number of nitrogens with one attached hydrogen (secondary N) is 1. The van der Waals surface area contributed by atoms with Gasteiger partial charge in [-0.3, -0.25) is 10.1 Å². The normalized spacial score (nSPS) is 15.6. The van der Waals surface area contributed by atoms with E-state index in [1.165, 1.54) is 12.5 Å². The third kappa shape index (κ3) is 4.16. The van der Waals surface area contributed by atoms with E-state index in [9.17, 15) is 20.0 Å². The molecule has 1 aromatic rings. The van der Waals surface area contributed by atoms with Gasteiger partial charge in [0.1, 0.15) is 0 Å². The molecule has 114 valence electrons. The number of nitro groups is 1. The number of rotatable bonds is 5. The van der Waals surface area contributed by atoms with Crippen molar-refractivity contribution in [3.05, 3.63) is 39.9 Å². The summed E-state index contributed by atoms with van der Waals surface area (Å²) in [6.07, 6.45) is 4.07. The van der Waals surface area contributed by atoms with Crippen LogP contribution < -0.4 is 5.43 Å².